The first-order chi connectivity index (χ1) is 10.3. The zero-order valence-corrected chi connectivity index (χ0v) is 11.8. The first-order valence-electron chi connectivity index (χ1n) is 6.82. The topological polar surface area (TPSA) is 73.6 Å². The predicted molar refractivity (Wildman–Crippen MR) is 78.0 cm³/mol. The molecule has 0 aliphatic heterocycles. The van der Waals surface area contributed by atoms with E-state index in [9.17, 15) is 0 Å². The van der Waals surface area contributed by atoms with E-state index < -0.39 is 0 Å². The highest BCUT2D eigenvalue weighted by Crippen LogP contribution is 2.34. The van der Waals surface area contributed by atoms with E-state index in [1.54, 1.807) is 20.5 Å². The van der Waals surface area contributed by atoms with Crippen molar-refractivity contribution in [2.75, 3.05) is 19.5 Å². The summed E-state index contributed by atoms with van der Waals surface area (Å²) in [7, 11) is 3.23. The second-order valence-corrected chi connectivity index (χ2v) is 5.10. The Bertz CT molecular complexity index is 825. The number of rotatable bonds is 4. The number of ether oxygens (including phenoxy) is 2. The Hall–Kier alpha value is -2.57. The molecule has 1 aliphatic carbocycles. The smallest absolute Gasteiger partial charge is 0.210 e. The molecule has 0 atom stereocenters. The molecule has 0 radical (unpaired) electrons. The molecule has 3 aromatic rings. The normalized spacial score (nSPS) is 14.6. The molecule has 0 spiro atoms. The van der Waals surface area contributed by atoms with Crippen LogP contribution in [-0.2, 0) is 0 Å². The van der Waals surface area contributed by atoms with Crippen molar-refractivity contribution in [3.05, 3.63) is 18.5 Å². The van der Waals surface area contributed by atoms with Crippen molar-refractivity contribution in [3.63, 3.8) is 0 Å². The van der Waals surface area contributed by atoms with Gasteiger partial charge in [-0.25, -0.2) is 4.98 Å². The number of anilines is 1. The van der Waals surface area contributed by atoms with Gasteiger partial charge in [-0.1, -0.05) is 0 Å². The molecule has 2 aromatic heterocycles. The van der Waals surface area contributed by atoms with E-state index >= 15 is 0 Å². The number of hydrogen-bond acceptors (Lipinski definition) is 6. The van der Waals surface area contributed by atoms with Crippen molar-refractivity contribution in [2.45, 2.75) is 18.9 Å². The highest BCUT2D eigenvalue weighted by atomic mass is 16.5. The number of nitrogens with zero attached hydrogens (tertiary/aromatic N) is 4. The maximum atomic E-state index is 5.35. The van der Waals surface area contributed by atoms with Crippen molar-refractivity contribution in [3.8, 4) is 11.5 Å². The number of benzene rings is 1. The number of hydrogen-bond donors (Lipinski definition) is 1. The summed E-state index contributed by atoms with van der Waals surface area (Å²) >= 11 is 0. The van der Waals surface area contributed by atoms with Gasteiger partial charge in [0.2, 0.25) is 5.95 Å². The van der Waals surface area contributed by atoms with E-state index in [0.29, 0.717) is 17.5 Å². The Labute approximate surface area is 120 Å². The Kier molecular flexibility index (Phi) is 2.60. The van der Waals surface area contributed by atoms with Gasteiger partial charge in [-0.15, -0.1) is 10.2 Å². The summed E-state index contributed by atoms with van der Waals surface area (Å²) in [6.07, 6.45) is 4.02. The summed E-state index contributed by atoms with van der Waals surface area (Å²) in [5, 5.41) is 12.5. The van der Waals surface area contributed by atoms with Gasteiger partial charge in [-0.3, -0.25) is 4.40 Å². The minimum Gasteiger partial charge on any atom is -0.493 e. The zero-order chi connectivity index (χ0) is 14.4. The maximum Gasteiger partial charge on any atom is 0.210 e. The van der Waals surface area contributed by atoms with E-state index in [4.69, 9.17) is 9.47 Å². The van der Waals surface area contributed by atoms with Gasteiger partial charge in [-0.2, -0.15) is 0 Å². The van der Waals surface area contributed by atoms with Crippen LogP contribution in [0.2, 0.25) is 0 Å². The van der Waals surface area contributed by atoms with E-state index in [0.717, 1.165) is 22.5 Å². The Balaban J connectivity index is 2.00. The van der Waals surface area contributed by atoms with E-state index in [1.807, 2.05) is 16.5 Å². The van der Waals surface area contributed by atoms with E-state index in [1.165, 1.54) is 12.8 Å². The highest BCUT2D eigenvalue weighted by Gasteiger charge is 2.23. The fourth-order valence-electron chi connectivity index (χ4n) is 2.39. The molecule has 1 aliphatic rings. The third-order valence-electron chi connectivity index (χ3n) is 3.66. The Morgan fingerprint density at radius 1 is 1.19 bits per heavy atom. The number of fused-ring (bicyclic) bond motifs is 3. The van der Waals surface area contributed by atoms with Crippen LogP contribution in [0.4, 0.5) is 5.95 Å². The van der Waals surface area contributed by atoms with Crippen LogP contribution in [0, 0.1) is 0 Å². The van der Waals surface area contributed by atoms with Crippen molar-refractivity contribution < 1.29 is 9.47 Å². The van der Waals surface area contributed by atoms with E-state index in [-0.39, 0.29) is 0 Å². The fourth-order valence-corrected chi connectivity index (χ4v) is 2.39. The minimum atomic E-state index is 0.501. The van der Waals surface area contributed by atoms with Gasteiger partial charge in [0.15, 0.2) is 17.1 Å². The van der Waals surface area contributed by atoms with Gasteiger partial charge in [-0.05, 0) is 18.9 Å². The standard InChI is InChI=1S/C14H15N5O2/c1-20-11-5-9-10(6-12(11)21-2)17-14(16-8-3-4-8)19-7-15-18-13(9)19/h5-8H,3-4H2,1-2H3,(H,16,17). The zero-order valence-electron chi connectivity index (χ0n) is 11.8. The fraction of sp³-hybridized carbons (Fsp3) is 0.357. The SMILES string of the molecule is COc1cc2nc(NC3CC3)n3cnnc3c2cc1OC. The van der Waals surface area contributed by atoms with Gasteiger partial charge in [0.25, 0.3) is 0 Å². The molecule has 0 unspecified atom stereocenters. The molecule has 7 heteroatoms. The predicted octanol–water partition coefficient (Wildman–Crippen LogP) is 1.87. The van der Waals surface area contributed by atoms with Crippen LogP contribution in [0.15, 0.2) is 18.5 Å². The second-order valence-electron chi connectivity index (χ2n) is 5.10. The van der Waals surface area contributed by atoms with Crippen molar-refractivity contribution in [2.24, 2.45) is 0 Å². The third-order valence-corrected chi connectivity index (χ3v) is 3.66. The number of methoxy groups -OCH3 is 2. The Morgan fingerprint density at radius 3 is 2.67 bits per heavy atom. The van der Waals surface area contributed by atoms with Crippen molar-refractivity contribution in [1.82, 2.24) is 19.6 Å². The molecule has 0 bridgehead atoms. The summed E-state index contributed by atoms with van der Waals surface area (Å²) in [6, 6.07) is 4.24. The molecule has 1 saturated carbocycles. The average Bonchev–Trinajstić information content (AvgIpc) is 3.18. The molecule has 1 fully saturated rings. The summed E-state index contributed by atoms with van der Waals surface area (Å²) in [4.78, 5) is 4.68. The molecule has 2 heterocycles. The van der Waals surface area contributed by atoms with Crippen LogP contribution in [0.25, 0.3) is 16.6 Å². The van der Waals surface area contributed by atoms with Crippen molar-refractivity contribution >= 4 is 22.5 Å². The van der Waals surface area contributed by atoms with Crippen LogP contribution in [0.1, 0.15) is 12.8 Å². The molecule has 1 N–H and O–H groups in total. The van der Waals surface area contributed by atoms with Gasteiger partial charge >= 0.3 is 0 Å². The van der Waals surface area contributed by atoms with Crippen molar-refractivity contribution in [1.29, 1.82) is 0 Å². The lowest BCUT2D eigenvalue weighted by Crippen LogP contribution is -2.08. The molecule has 7 nitrogen and oxygen atoms in total. The average molecular weight is 285 g/mol. The monoisotopic (exact) mass is 285 g/mol. The summed E-state index contributed by atoms with van der Waals surface area (Å²) in [5.74, 6) is 2.07. The molecule has 108 valence electrons. The summed E-state index contributed by atoms with van der Waals surface area (Å²) < 4.78 is 12.6. The highest BCUT2D eigenvalue weighted by molar-refractivity contribution is 5.94. The first-order valence-corrected chi connectivity index (χ1v) is 6.82. The van der Waals surface area contributed by atoms with Crippen LogP contribution >= 0.6 is 0 Å². The maximum absolute atomic E-state index is 5.35. The van der Waals surface area contributed by atoms with Crippen LogP contribution in [0.5, 0.6) is 11.5 Å². The quantitative estimate of drug-likeness (QED) is 0.789. The molecule has 4 rings (SSSR count). The van der Waals surface area contributed by atoms with Crippen LogP contribution < -0.4 is 14.8 Å². The van der Waals surface area contributed by atoms with Crippen LogP contribution in [-0.4, -0.2) is 39.8 Å². The van der Waals surface area contributed by atoms with Gasteiger partial charge in [0, 0.05) is 17.5 Å². The van der Waals surface area contributed by atoms with Gasteiger partial charge < -0.3 is 14.8 Å². The number of aromatic nitrogens is 4. The summed E-state index contributed by atoms with van der Waals surface area (Å²) in [6.45, 7) is 0. The van der Waals surface area contributed by atoms with Gasteiger partial charge in [0.1, 0.15) is 6.33 Å². The molecular formula is C14H15N5O2. The first kappa shape index (κ1) is 12.2. The minimum absolute atomic E-state index is 0.501. The third kappa shape index (κ3) is 1.93. The number of nitrogens with one attached hydrogen (secondary N) is 1. The molecule has 0 amide bonds. The molecule has 21 heavy (non-hydrogen) atoms. The lowest BCUT2D eigenvalue weighted by atomic mass is 10.2. The molecule has 1 aromatic carbocycles. The second kappa shape index (κ2) is 4.47. The lowest BCUT2D eigenvalue weighted by molar-refractivity contribution is 0.356. The Morgan fingerprint density at radius 2 is 1.95 bits per heavy atom. The van der Waals surface area contributed by atoms with Crippen LogP contribution in [0.3, 0.4) is 0 Å². The largest absolute Gasteiger partial charge is 0.493 e. The van der Waals surface area contributed by atoms with Gasteiger partial charge in [0.05, 0.1) is 19.7 Å². The molecule has 0 saturated heterocycles. The lowest BCUT2D eigenvalue weighted by Gasteiger charge is -2.12. The molecular weight excluding hydrogens is 270 g/mol. The van der Waals surface area contributed by atoms with E-state index in [2.05, 4.69) is 20.5 Å². The summed E-state index contributed by atoms with van der Waals surface area (Å²) in [5.41, 5.74) is 1.56.